The molecule has 4 nitrogen and oxygen atoms in total. The van der Waals surface area contributed by atoms with Crippen molar-refractivity contribution in [2.24, 2.45) is 0 Å². The average Bonchev–Trinajstić information content (AvgIpc) is 2.49. The summed E-state index contributed by atoms with van der Waals surface area (Å²) in [6.07, 6.45) is 0. The molecule has 0 saturated heterocycles. The Kier molecular flexibility index (Phi) is 5.42. The Bertz CT molecular complexity index is 705. The third kappa shape index (κ3) is 4.48. The van der Waals surface area contributed by atoms with Gasteiger partial charge in [-0.3, -0.25) is 9.59 Å². The first-order valence-electron chi connectivity index (χ1n) is 6.24. The van der Waals surface area contributed by atoms with Gasteiger partial charge >= 0.3 is 0 Å². The third-order valence-corrected chi connectivity index (χ3v) is 3.44. The lowest BCUT2D eigenvalue weighted by Gasteiger charge is -2.07. The molecule has 2 aromatic carbocycles. The Morgan fingerprint density at radius 1 is 1.00 bits per heavy atom. The molecule has 7 heteroatoms. The number of anilines is 1. The van der Waals surface area contributed by atoms with Gasteiger partial charge in [0.05, 0.1) is 6.54 Å². The molecule has 0 heterocycles. The van der Waals surface area contributed by atoms with Gasteiger partial charge in [0.2, 0.25) is 5.91 Å². The first kappa shape index (κ1) is 16.3. The molecule has 22 heavy (non-hydrogen) atoms. The molecule has 0 bridgehead atoms. The maximum absolute atomic E-state index is 13.0. The van der Waals surface area contributed by atoms with Crippen molar-refractivity contribution in [3.63, 3.8) is 0 Å². The predicted octanol–water partition coefficient (Wildman–Crippen LogP) is 2.94. The molecule has 2 aromatic rings. The Morgan fingerprint density at radius 2 is 1.68 bits per heavy atom. The zero-order valence-corrected chi connectivity index (χ0v) is 13.4. The number of halogens is 3. The largest absolute Gasteiger partial charge is 0.343 e. The number of rotatable bonds is 4. The second-order valence-corrected chi connectivity index (χ2v) is 5.61. The van der Waals surface area contributed by atoms with Gasteiger partial charge in [0.15, 0.2) is 11.6 Å². The van der Waals surface area contributed by atoms with Crippen molar-refractivity contribution in [3.05, 3.63) is 63.2 Å². The van der Waals surface area contributed by atoms with Crippen molar-refractivity contribution in [1.82, 2.24) is 5.32 Å². The van der Waals surface area contributed by atoms with Gasteiger partial charge < -0.3 is 10.6 Å². The Morgan fingerprint density at radius 3 is 2.32 bits per heavy atom. The normalized spacial score (nSPS) is 10.1. The fourth-order valence-electron chi connectivity index (χ4n) is 1.64. The molecule has 2 N–H and O–H groups in total. The van der Waals surface area contributed by atoms with Crippen LogP contribution >= 0.6 is 22.6 Å². The summed E-state index contributed by atoms with van der Waals surface area (Å²) in [6, 6.07) is 9.85. The number of nitrogens with one attached hydrogen (secondary N) is 2. The first-order chi connectivity index (χ1) is 10.5. The van der Waals surface area contributed by atoms with Gasteiger partial charge in [-0.15, -0.1) is 0 Å². The number of carbonyl (C=O) groups is 2. The number of carbonyl (C=O) groups excluding carboxylic acids is 2. The van der Waals surface area contributed by atoms with E-state index >= 15 is 0 Å². The molecule has 114 valence electrons. The van der Waals surface area contributed by atoms with E-state index < -0.39 is 23.4 Å². The molecular formula is C15H11F2IN2O2. The molecule has 0 atom stereocenters. The van der Waals surface area contributed by atoms with Crippen molar-refractivity contribution in [2.45, 2.75) is 0 Å². The molecule has 0 aliphatic heterocycles. The molecule has 0 aromatic heterocycles. The van der Waals surface area contributed by atoms with Crippen LogP contribution in [0, 0.1) is 15.2 Å². The van der Waals surface area contributed by atoms with Gasteiger partial charge in [-0.2, -0.15) is 0 Å². The summed E-state index contributed by atoms with van der Waals surface area (Å²) in [6.45, 7) is -0.274. The maximum atomic E-state index is 13.0. The lowest BCUT2D eigenvalue weighted by Crippen LogP contribution is -2.32. The molecule has 0 fully saturated rings. The van der Waals surface area contributed by atoms with Crippen LogP contribution in [-0.4, -0.2) is 18.4 Å². The SMILES string of the molecule is O=C(CNC(=O)c1ccc(I)cc1)Nc1ccc(F)c(F)c1. The van der Waals surface area contributed by atoms with Crippen LogP contribution in [0.15, 0.2) is 42.5 Å². The molecule has 2 rings (SSSR count). The maximum Gasteiger partial charge on any atom is 0.251 e. The molecule has 0 aliphatic carbocycles. The fraction of sp³-hybridized carbons (Fsp3) is 0.0667. The van der Waals surface area contributed by atoms with E-state index in [0.717, 1.165) is 15.7 Å². The molecule has 0 radical (unpaired) electrons. The van der Waals surface area contributed by atoms with Crippen LogP contribution in [0.5, 0.6) is 0 Å². The van der Waals surface area contributed by atoms with Crippen LogP contribution in [0.25, 0.3) is 0 Å². The average molecular weight is 416 g/mol. The Labute approximate surface area is 139 Å². The van der Waals surface area contributed by atoms with Crippen molar-refractivity contribution >= 4 is 40.1 Å². The predicted molar refractivity (Wildman–Crippen MR) is 86.5 cm³/mol. The monoisotopic (exact) mass is 416 g/mol. The Hall–Kier alpha value is -2.03. The first-order valence-corrected chi connectivity index (χ1v) is 7.32. The van der Waals surface area contributed by atoms with Crippen LogP contribution in [0.1, 0.15) is 10.4 Å². The van der Waals surface area contributed by atoms with Crippen molar-refractivity contribution < 1.29 is 18.4 Å². The van der Waals surface area contributed by atoms with Crippen molar-refractivity contribution in [3.8, 4) is 0 Å². The quantitative estimate of drug-likeness (QED) is 0.754. The van der Waals surface area contributed by atoms with E-state index in [9.17, 15) is 18.4 Å². The highest BCUT2D eigenvalue weighted by Gasteiger charge is 2.09. The van der Waals surface area contributed by atoms with Crippen LogP contribution in [0.3, 0.4) is 0 Å². The van der Waals surface area contributed by atoms with Gasteiger partial charge in [-0.25, -0.2) is 8.78 Å². The Balaban J connectivity index is 1.88. The van der Waals surface area contributed by atoms with Crippen LogP contribution in [0.2, 0.25) is 0 Å². The summed E-state index contributed by atoms with van der Waals surface area (Å²) in [4.78, 5) is 23.5. The summed E-state index contributed by atoms with van der Waals surface area (Å²) in [5, 5.41) is 4.81. The second-order valence-electron chi connectivity index (χ2n) is 4.37. The highest BCUT2D eigenvalue weighted by molar-refractivity contribution is 14.1. The zero-order chi connectivity index (χ0) is 16.1. The minimum absolute atomic E-state index is 0.118. The molecule has 0 unspecified atom stereocenters. The van der Waals surface area contributed by atoms with E-state index in [1.165, 1.54) is 6.07 Å². The minimum atomic E-state index is -1.05. The van der Waals surface area contributed by atoms with Gasteiger partial charge in [0.1, 0.15) is 0 Å². The van der Waals surface area contributed by atoms with E-state index in [1.54, 1.807) is 24.3 Å². The summed E-state index contributed by atoms with van der Waals surface area (Å²) < 4.78 is 26.8. The molecular weight excluding hydrogens is 405 g/mol. The van der Waals surface area contributed by atoms with Gasteiger partial charge in [0, 0.05) is 20.9 Å². The summed E-state index contributed by atoms with van der Waals surface area (Å²) in [5.74, 6) is -2.98. The van der Waals surface area contributed by atoms with E-state index in [0.29, 0.717) is 5.56 Å². The fourth-order valence-corrected chi connectivity index (χ4v) is 2.00. The van der Waals surface area contributed by atoms with Crippen LogP contribution < -0.4 is 10.6 Å². The van der Waals surface area contributed by atoms with Crippen LogP contribution in [0.4, 0.5) is 14.5 Å². The molecule has 0 aliphatic rings. The van der Waals surface area contributed by atoms with Crippen LogP contribution in [-0.2, 0) is 4.79 Å². The number of hydrogen-bond acceptors (Lipinski definition) is 2. The van der Waals surface area contributed by atoms with Gasteiger partial charge in [-0.1, -0.05) is 0 Å². The van der Waals surface area contributed by atoms with Gasteiger partial charge in [-0.05, 0) is 59.0 Å². The smallest absolute Gasteiger partial charge is 0.251 e. The minimum Gasteiger partial charge on any atom is -0.343 e. The highest BCUT2D eigenvalue weighted by Crippen LogP contribution is 2.12. The topological polar surface area (TPSA) is 58.2 Å². The van der Waals surface area contributed by atoms with Gasteiger partial charge in [0.25, 0.3) is 5.91 Å². The van der Waals surface area contributed by atoms with E-state index in [1.807, 2.05) is 0 Å². The zero-order valence-electron chi connectivity index (χ0n) is 11.2. The lowest BCUT2D eigenvalue weighted by atomic mass is 10.2. The second kappa shape index (κ2) is 7.30. The van der Waals surface area contributed by atoms with E-state index in [-0.39, 0.29) is 12.2 Å². The molecule has 0 spiro atoms. The third-order valence-electron chi connectivity index (χ3n) is 2.72. The van der Waals surface area contributed by atoms with Crippen molar-refractivity contribution in [2.75, 3.05) is 11.9 Å². The lowest BCUT2D eigenvalue weighted by molar-refractivity contribution is -0.115. The van der Waals surface area contributed by atoms with Crippen molar-refractivity contribution in [1.29, 1.82) is 0 Å². The standard InChI is InChI=1S/C15H11F2IN2O2/c16-12-6-5-11(7-13(12)17)20-14(21)8-19-15(22)9-1-3-10(18)4-2-9/h1-7H,8H2,(H,19,22)(H,20,21). The summed E-state index contributed by atoms with van der Waals surface area (Å²) in [7, 11) is 0. The number of benzene rings is 2. The molecule has 0 saturated carbocycles. The summed E-state index contributed by atoms with van der Waals surface area (Å²) in [5.41, 5.74) is 0.549. The van der Waals surface area contributed by atoms with E-state index in [2.05, 4.69) is 33.2 Å². The number of amides is 2. The molecule has 2 amide bonds. The summed E-state index contributed by atoms with van der Waals surface area (Å²) >= 11 is 2.12. The highest BCUT2D eigenvalue weighted by atomic mass is 127. The number of hydrogen-bond donors (Lipinski definition) is 2. The van der Waals surface area contributed by atoms with E-state index in [4.69, 9.17) is 0 Å².